The molecule has 106 valence electrons. The largest absolute Gasteiger partial charge is 0.330 e. The molecule has 0 spiro atoms. The highest BCUT2D eigenvalue weighted by molar-refractivity contribution is 6.07. The third kappa shape index (κ3) is 3.10. The number of para-hydroxylation sites is 1. The number of amides is 1. The minimum Gasteiger partial charge on any atom is -0.330 e. The van der Waals surface area contributed by atoms with Crippen molar-refractivity contribution >= 4 is 11.6 Å². The molecule has 0 unspecified atom stereocenters. The Labute approximate surface area is 124 Å². The summed E-state index contributed by atoms with van der Waals surface area (Å²) >= 11 is 0. The smallest absolute Gasteiger partial charge is 0.258 e. The van der Waals surface area contributed by atoms with Crippen molar-refractivity contribution in [1.82, 2.24) is 0 Å². The normalized spacial score (nSPS) is 9.95. The number of carbonyl (C=O) groups excluding carboxylic acids is 1. The van der Waals surface area contributed by atoms with Gasteiger partial charge in [-0.1, -0.05) is 30.3 Å². The molecule has 0 aliphatic heterocycles. The second kappa shape index (κ2) is 6.69. The Kier molecular flexibility index (Phi) is 4.70. The molecule has 0 saturated carbocycles. The van der Waals surface area contributed by atoms with E-state index in [-0.39, 0.29) is 5.91 Å². The van der Waals surface area contributed by atoms with Gasteiger partial charge in [-0.15, -0.1) is 0 Å². The minimum absolute atomic E-state index is 0.137. The first-order valence-electron chi connectivity index (χ1n) is 6.74. The summed E-state index contributed by atoms with van der Waals surface area (Å²) in [6.45, 7) is 0.489. The summed E-state index contributed by atoms with van der Waals surface area (Å²) in [6.07, 6.45) is 0.648. The van der Waals surface area contributed by atoms with E-state index < -0.39 is 0 Å². The fraction of sp³-hybridized carbons (Fsp3) is 0.176. The number of nitrogens with zero attached hydrogens (tertiary/aromatic N) is 2. The molecule has 21 heavy (non-hydrogen) atoms. The Morgan fingerprint density at radius 2 is 1.86 bits per heavy atom. The zero-order chi connectivity index (χ0) is 15.2. The van der Waals surface area contributed by atoms with E-state index >= 15 is 0 Å². The lowest BCUT2D eigenvalue weighted by molar-refractivity contribution is 0.0992. The van der Waals surface area contributed by atoms with Crippen molar-refractivity contribution in [2.45, 2.75) is 6.42 Å². The zero-order valence-electron chi connectivity index (χ0n) is 11.9. The lowest BCUT2D eigenvalue weighted by atomic mass is 10.0. The summed E-state index contributed by atoms with van der Waals surface area (Å²) in [4.78, 5) is 14.2. The molecule has 2 rings (SSSR count). The number of hydrogen-bond acceptors (Lipinski definition) is 3. The van der Waals surface area contributed by atoms with E-state index in [2.05, 4.69) is 6.07 Å². The molecule has 2 aromatic rings. The second-order valence-electron chi connectivity index (χ2n) is 4.69. The van der Waals surface area contributed by atoms with Crippen LogP contribution in [0.5, 0.6) is 0 Å². The van der Waals surface area contributed by atoms with E-state index in [9.17, 15) is 4.79 Å². The maximum Gasteiger partial charge on any atom is 0.258 e. The Morgan fingerprint density at radius 3 is 2.57 bits per heavy atom. The van der Waals surface area contributed by atoms with Crippen LogP contribution in [0.15, 0.2) is 48.5 Å². The Morgan fingerprint density at radius 1 is 1.19 bits per heavy atom. The number of nitrogens with two attached hydrogens (primary N) is 1. The average Bonchev–Trinajstić information content (AvgIpc) is 2.54. The molecule has 0 bridgehead atoms. The SMILES string of the molecule is CN(C(=O)c1ccccc1CCN)c1ccccc1C#N. The minimum atomic E-state index is -0.137. The van der Waals surface area contributed by atoms with Gasteiger partial charge in [-0.3, -0.25) is 4.79 Å². The van der Waals surface area contributed by atoms with Crippen LogP contribution < -0.4 is 10.6 Å². The Bertz CT molecular complexity index is 688. The standard InChI is InChI=1S/C17H17N3O/c1-20(16-9-5-3-7-14(16)12-19)17(21)15-8-4-2-6-13(15)10-11-18/h2-9H,10-11,18H2,1H3. The van der Waals surface area contributed by atoms with Crippen molar-refractivity contribution in [3.63, 3.8) is 0 Å². The average molecular weight is 279 g/mol. The first kappa shape index (κ1) is 14.8. The fourth-order valence-electron chi connectivity index (χ4n) is 2.25. The Balaban J connectivity index is 2.38. The molecule has 1 amide bonds. The molecule has 0 radical (unpaired) electrons. The van der Waals surface area contributed by atoms with Crippen molar-refractivity contribution in [2.75, 3.05) is 18.5 Å². The molecule has 2 aromatic carbocycles. The zero-order valence-corrected chi connectivity index (χ0v) is 11.9. The van der Waals surface area contributed by atoms with E-state index in [1.807, 2.05) is 24.3 Å². The second-order valence-corrected chi connectivity index (χ2v) is 4.69. The number of hydrogen-bond donors (Lipinski definition) is 1. The molecular weight excluding hydrogens is 262 g/mol. The number of nitriles is 1. The molecule has 4 heteroatoms. The van der Waals surface area contributed by atoms with Gasteiger partial charge < -0.3 is 10.6 Å². The quantitative estimate of drug-likeness (QED) is 0.933. The van der Waals surface area contributed by atoms with Gasteiger partial charge in [-0.2, -0.15) is 5.26 Å². The molecule has 0 saturated heterocycles. The predicted octanol–water partition coefficient (Wildman–Crippen LogP) is 2.34. The monoisotopic (exact) mass is 279 g/mol. The molecule has 0 aliphatic rings. The molecule has 0 aliphatic carbocycles. The van der Waals surface area contributed by atoms with Crippen molar-refractivity contribution in [2.24, 2.45) is 5.73 Å². The first-order valence-corrected chi connectivity index (χ1v) is 6.74. The summed E-state index contributed by atoms with van der Waals surface area (Å²) < 4.78 is 0. The van der Waals surface area contributed by atoms with Crippen LogP contribution in [0.25, 0.3) is 0 Å². The van der Waals surface area contributed by atoms with Crippen LogP contribution in [0.1, 0.15) is 21.5 Å². The summed E-state index contributed by atoms with van der Waals surface area (Å²) in [7, 11) is 1.68. The van der Waals surface area contributed by atoms with E-state index in [4.69, 9.17) is 11.0 Å². The van der Waals surface area contributed by atoms with Gasteiger partial charge in [-0.05, 0) is 36.7 Å². The van der Waals surface area contributed by atoms with Crippen LogP contribution in [0.3, 0.4) is 0 Å². The van der Waals surface area contributed by atoms with Gasteiger partial charge in [0.2, 0.25) is 0 Å². The van der Waals surface area contributed by atoms with Crippen LogP contribution >= 0.6 is 0 Å². The summed E-state index contributed by atoms with van der Waals surface area (Å²) in [5.41, 5.74) is 8.22. The molecule has 2 N–H and O–H groups in total. The van der Waals surface area contributed by atoms with E-state index in [1.54, 1.807) is 31.3 Å². The maximum atomic E-state index is 12.7. The van der Waals surface area contributed by atoms with Crippen molar-refractivity contribution in [1.29, 1.82) is 5.26 Å². The topological polar surface area (TPSA) is 70.1 Å². The van der Waals surface area contributed by atoms with Gasteiger partial charge in [0, 0.05) is 12.6 Å². The van der Waals surface area contributed by atoms with Gasteiger partial charge in [0.1, 0.15) is 6.07 Å². The maximum absolute atomic E-state index is 12.7. The van der Waals surface area contributed by atoms with Crippen LogP contribution in [0, 0.1) is 11.3 Å². The lowest BCUT2D eigenvalue weighted by Gasteiger charge is -2.20. The van der Waals surface area contributed by atoms with Gasteiger partial charge in [-0.25, -0.2) is 0 Å². The lowest BCUT2D eigenvalue weighted by Crippen LogP contribution is -2.28. The number of rotatable bonds is 4. The molecule has 0 fully saturated rings. The van der Waals surface area contributed by atoms with Crippen LogP contribution in [0.4, 0.5) is 5.69 Å². The third-order valence-electron chi connectivity index (χ3n) is 3.35. The summed E-state index contributed by atoms with van der Waals surface area (Å²) in [5, 5.41) is 9.15. The number of benzene rings is 2. The van der Waals surface area contributed by atoms with Crippen molar-refractivity contribution in [3.8, 4) is 6.07 Å². The molecule has 0 atom stereocenters. The molecule has 4 nitrogen and oxygen atoms in total. The van der Waals surface area contributed by atoms with Crippen molar-refractivity contribution in [3.05, 3.63) is 65.2 Å². The van der Waals surface area contributed by atoms with Gasteiger partial charge in [0.25, 0.3) is 5.91 Å². The number of carbonyl (C=O) groups is 1. The van der Waals surface area contributed by atoms with E-state index in [0.29, 0.717) is 29.8 Å². The van der Waals surface area contributed by atoms with Gasteiger partial charge >= 0.3 is 0 Å². The van der Waals surface area contributed by atoms with Crippen molar-refractivity contribution < 1.29 is 4.79 Å². The van der Waals surface area contributed by atoms with Crippen LogP contribution in [0.2, 0.25) is 0 Å². The van der Waals surface area contributed by atoms with Crippen LogP contribution in [-0.2, 0) is 6.42 Å². The highest BCUT2D eigenvalue weighted by Crippen LogP contribution is 2.21. The van der Waals surface area contributed by atoms with Crippen LogP contribution in [-0.4, -0.2) is 19.5 Å². The fourth-order valence-corrected chi connectivity index (χ4v) is 2.25. The van der Waals surface area contributed by atoms with E-state index in [1.165, 1.54) is 4.90 Å². The molecule has 0 aromatic heterocycles. The Hall–Kier alpha value is -2.64. The summed E-state index contributed by atoms with van der Waals surface area (Å²) in [5.74, 6) is -0.137. The molecule has 0 heterocycles. The van der Waals surface area contributed by atoms with E-state index in [0.717, 1.165) is 5.56 Å². The highest BCUT2D eigenvalue weighted by atomic mass is 16.2. The highest BCUT2D eigenvalue weighted by Gasteiger charge is 2.18. The number of anilines is 1. The third-order valence-corrected chi connectivity index (χ3v) is 3.35. The molecular formula is C17H17N3O. The first-order chi connectivity index (χ1) is 10.2. The predicted molar refractivity (Wildman–Crippen MR) is 83.1 cm³/mol. The van der Waals surface area contributed by atoms with Gasteiger partial charge in [0.05, 0.1) is 11.3 Å². The van der Waals surface area contributed by atoms with Gasteiger partial charge in [0.15, 0.2) is 0 Å². The summed E-state index contributed by atoms with van der Waals surface area (Å²) in [6, 6.07) is 16.6.